The lowest BCUT2D eigenvalue weighted by atomic mass is 9.96. The predicted octanol–water partition coefficient (Wildman–Crippen LogP) is 4.46. The van der Waals surface area contributed by atoms with E-state index in [2.05, 4.69) is 10.2 Å². The fourth-order valence-electron chi connectivity index (χ4n) is 4.05. The number of aryl methyl sites for hydroxylation is 1. The van der Waals surface area contributed by atoms with Crippen molar-refractivity contribution in [1.82, 2.24) is 19.5 Å². The molecule has 1 aliphatic rings. The summed E-state index contributed by atoms with van der Waals surface area (Å²) in [6.07, 6.45) is 3.87. The Labute approximate surface area is 166 Å². The molecule has 1 atom stereocenters. The van der Waals surface area contributed by atoms with E-state index in [4.69, 9.17) is 16.0 Å². The first-order valence-electron chi connectivity index (χ1n) is 9.39. The number of aromatic nitrogens is 3. The van der Waals surface area contributed by atoms with Crippen molar-refractivity contribution in [3.05, 3.63) is 64.8 Å². The van der Waals surface area contributed by atoms with Crippen LogP contribution in [0.2, 0.25) is 5.02 Å². The summed E-state index contributed by atoms with van der Waals surface area (Å²) in [6, 6.07) is 11.3. The maximum atomic E-state index is 13.2. The molecule has 4 aromatic rings. The average Bonchev–Trinajstić information content (AvgIpc) is 3.29. The highest BCUT2D eigenvalue weighted by molar-refractivity contribution is 6.31. The van der Waals surface area contributed by atoms with Gasteiger partial charge in [-0.3, -0.25) is 9.20 Å². The zero-order valence-electron chi connectivity index (χ0n) is 15.4. The van der Waals surface area contributed by atoms with E-state index < -0.39 is 0 Å². The highest BCUT2D eigenvalue weighted by Crippen LogP contribution is 2.31. The number of likely N-dealkylation sites (tertiary alicyclic amines) is 1. The van der Waals surface area contributed by atoms with E-state index in [1.54, 1.807) is 6.07 Å². The smallest absolute Gasteiger partial charge is 0.289 e. The van der Waals surface area contributed by atoms with Crippen molar-refractivity contribution in [3.63, 3.8) is 0 Å². The SMILES string of the molecule is Cc1c(C(=O)N2CCCC(c3nnc4ccccn34)C2)oc2ccc(Cl)cc12. The molecule has 1 aromatic carbocycles. The van der Waals surface area contributed by atoms with Crippen molar-refractivity contribution >= 4 is 34.1 Å². The minimum absolute atomic E-state index is 0.0802. The lowest BCUT2D eigenvalue weighted by Crippen LogP contribution is -2.39. The van der Waals surface area contributed by atoms with Crippen LogP contribution < -0.4 is 0 Å². The molecule has 4 heterocycles. The van der Waals surface area contributed by atoms with Gasteiger partial charge in [-0.15, -0.1) is 10.2 Å². The second-order valence-electron chi connectivity index (χ2n) is 7.27. The van der Waals surface area contributed by atoms with Gasteiger partial charge in [0.25, 0.3) is 5.91 Å². The molecule has 1 fully saturated rings. The number of amides is 1. The normalized spacial score (nSPS) is 17.5. The van der Waals surface area contributed by atoms with Crippen LogP contribution in [0.15, 0.2) is 47.0 Å². The van der Waals surface area contributed by atoms with E-state index >= 15 is 0 Å². The largest absolute Gasteiger partial charge is 0.451 e. The summed E-state index contributed by atoms with van der Waals surface area (Å²) in [5, 5.41) is 10.1. The minimum Gasteiger partial charge on any atom is -0.451 e. The zero-order valence-corrected chi connectivity index (χ0v) is 16.2. The lowest BCUT2D eigenvalue weighted by Gasteiger charge is -2.31. The van der Waals surface area contributed by atoms with E-state index in [1.807, 2.05) is 52.8 Å². The molecule has 0 saturated carbocycles. The van der Waals surface area contributed by atoms with Crippen LogP contribution in [0.4, 0.5) is 0 Å². The van der Waals surface area contributed by atoms with E-state index in [0.717, 1.165) is 35.3 Å². The van der Waals surface area contributed by atoms with Gasteiger partial charge in [-0.1, -0.05) is 17.7 Å². The lowest BCUT2D eigenvalue weighted by molar-refractivity contribution is 0.0673. The standard InChI is InChI=1S/C21H19ClN4O2/c1-13-16-11-15(22)7-8-17(16)28-19(13)21(27)25-9-4-5-14(12-25)20-24-23-18-6-2-3-10-26(18)20/h2-3,6-8,10-11,14H,4-5,9,12H2,1H3. The predicted molar refractivity (Wildman–Crippen MR) is 107 cm³/mol. The Balaban J connectivity index is 1.45. The number of pyridine rings is 1. The zero-order chi connectivity index (χ0) is 19.3. The Morgan fingerprint density at radius 2 is 2.14 bits per heavy atom. The third-order valence-corrected chi connectivity index (χ3v) is 5.74. The molecule has 1 unspecified atom stereocenters. The van der Waals surface area contributed by atoms with Gasteiger partial charge < -0.3 is 9.32 Å². The number of halogens is 1. The third-order valence-electron chi connectivity index (χ3n) is 5.51. The monoisotopic (exact) mass is 394 g/mol. The molecule has 3 aromatic heterocycles. The average molecular weight is 395 g/mol. The van der Waals surface area contributed by atoms with E-state index in [1.165, 1.54) is 0 Å². The number of carbonyl (C=O) groups is 1. The second-order valence-corrected chi connectivity index (χ2v) is 7.71. The Hall–Kier alpha value is -2.86. The maximum absolute atomic E-state index is 13.2. The second kappa shape index (κ2) is 6.63. The van der Waals surface area contributed by atoms with Crippen LogP contribution in [-0.4, -0.2) is 38.5 Å². The molecular formula is C21H19ClN4O2. The van der Waals surface area contributed by atoms with Crippen molar-refractivity contribution < 1.29 is 9.21 Å². The van der Waals surface area contributed by atoms with Gasteiger partial charge in [0, 0.05) is 41.2 Å². The molecular weight excluding hydrogens is 376 g/mol. The summed E-state index contributed by atoms with van der Waals surface area (Å²) >= 11 is 6.10. The fraction of sp³-hybridized carbons (Fsp3) is 0.286. The molecule has 1 amide bonds. The first kappa shape index (κ1) is 17.3. The van der Waals surface area contributed by atoms with Crippen molar-refractivity contribution in [3.8, 4) is 0 Å². The van der Waals surface area contributed by atoms with Gasteiger partial charge in [0.2, 0.25) is 0 Å². The molecule has 0 N–H and O–H groups in total. The molecule has 28 heavy (non-hydrogen) atoms. The quantitative estimate of drug-likeness (QED) is 0.503. The minimum atomic E-state index is -0.0802. The highest BCUT2D eigenvalue weighted by Gasteiger charge is 2.31. The van der Waals surface area contributed by atoms with Gasteiger partial charge >= 0.3 is 0 Å². The molecule has 5 rings (SSSR count). The molecule has 0 spiro atoms. The van der Waals surface area contributed by atoms with Crippen LogP contribution in [0.25, 0.3) is 16.6 Å². The Bertz CT molecular complexity index is 1200. The molecule has 0 aliphatic carbocycles. The van der Waals surface area contributed by atoms with Crippen LogP contribution in [-0.2, 0) is 0 Å². The fourth-order valence-corrected chi connectivity index (χ4v) is 4.22. The van der Waals surface area contributed by atoms with Gasteiger partial charge in [-0.05, 0) is 50.1 Å². The van der Waals surface area contributed by atoms with Crippen molar-refractivity contribution in [2.24, 2.45) is 0 Å². The third kappa shape index (κ3) is 2.76. The summed E-state index contributed by atoms with van der Waals surface area (Å²) in [5.41, 5.74) is 2.34. The van der Waals surface area contributed by atoms with E-state index in [9.17, 15) is 4.79 Å². The Morgan fingerprint density at radius 3 is 3.04 bits per heavy atom. The maximum Gasteiger partial charge on any atom is 0.289 e. The van der Waals surface area contributed by atoms with Gasteiger partial charge in [-0.25, -0.2) is 0 Å². The van der Waals surface area contributed by atoms with Crippen molar-refractivity contribution in [2.75, 3.05) is 13.1 Å². The molecule has 1 saturated heterocycles. The van der Waals surface area contributed by atoms with Gasteiger partial charge in [0.1, 0.15) is 11.4 Å². The topological polar surface area (TPSA) is 63.6 Å². The molecule has 1 aliphatic heterocycles. The molecule has 0 bridgehead atoms. The molecule has 0 radical (unpaired) electrons. The Morgan fingerprint density at radius 1 is 1.25 bits per heavy atom. The van der Waals surface area contributed by atoms with Gasteiger partial charge in [0.05, 0.1) is 0 Å². The first-order chi connectivity index (χ1) is 13.6. The van der Waals surface area contributed by atoms with Gasteiger partial charge in [0.15, 0.2) is 11.4 Å². The van der Waals surface area contributed by atoms with Crippen LogP contribution in [0, 0.1) is 6.92 Å². The number of carbonyl (C=O) groups excluding carboxylic acids is 1. The molecule has 6 nitrogen and oxygen atoms in total. The number of fused-ring (bicyclic) bond motifs is 2. The summed E-state index contributed by atoms with van der Waals surface area (Å²) in [7, 11) is 0. The summed E-state index contributed by atoms with van der Waals surface area (Å²) in [4.78, 5) is 15.1. The molecule has 7 heteroatoms. The summed E-state index contributed by atoms with van der Waals surface area (Å²) in [5.74, 6) is 1.36. The number of piperidine rings is 1. The van der Waals surface area contributed by atoms with Crippen LogP contribution in [0.5, 0.6) is 0 Å². The van der Waals surface area contributed by atoms with E-state index in [-0.39, 0.29) is 11.8 Å². The number of hydrogen-bond acceptors (Lipinski definition) is 4. The number of furan rings is 1. The molecule has 142 valence electrons. The van der Waals surface area contributed by atoms with Crippen molar-refractivity contribution in [1.29, 1.82) is 0 Å². The van der Waals surface area contributed by atoms with Crippen molar-refractivity contribution in [2.45, 2.75) is 25.7 Å². The first-order valence-corrected chi connectivity index (χ1v) is 9.77. The van der Waals surface area contributed by atoms with Crippen LogP contribution >= 0.6 is 11.6 Å². The highest BCUT2D eigenvalue weighted by atomic mass is 35.5. The number of hydrogen-bond donors (Lipinski definition) is 0. The van der Waals surface area contributed by atoms with Crippen LogP contribution in [0.1, 0.15) is 40.7 Å². The number of benzene rings is 1. The van der Waals surface area contributed by atoms with Crippen LogP contribution in [0.3, 0.4) is 0 Å². The van der Waals surface area contributed by atoms with Gasteiger partial charge in [-0.2, -0.15) is 0 Å². The number of nitrogens with zero attached hydrogens (tertiary/aromatic N) is 4. The van der Waals surface area contributed by atoms with E-state index in [0.29, 0.717) is 29.5 Å². The Kier molecular flexibility index (Phi) is 4.09. The summed E-state index contributed by atoms with van der Waals surface area (Å²) in [6.45, 7) is 3.22. The summed E-state index contributed by atoms with van der Waals surface area (Å²) < 4.78 is 7.89. The number of rotatable bonds is 2.